The fraction of sp³-hybridized carbons (Fsp3) is 1.00. The summed E-state index contributed by atoms with van der Waals surface area (Å²) in [6.45, 7) is 13.1. The van der Waals surface area contributed by atoms with Crippen molar-refractivity contribution in [3.63, 3.8) is 0 Å². The third-order valence-electron chi connectivity index (χ3n) is 6.13. The lowest BCUT2D eigenvalue weighted by molar-refractivity contribution is 0.115. The monoisotopic (exact) mass is 251 g/mol. The summed E-state index contributed by atoms with van der Waals surface area (Å²) in [7, 11) is 0. The standard InChI is InChI=1S/C17H33N/c1-6-16(4,5)14-7-9-17(10-8-14)11-15(17)12-18-13(2)3/h13-15,18H,6-12H2,1-5H3. The Balaban J connectivity index is 1.78. The molecule has 1 nitrogen and oxygen atoms in total. The largest absolute Gasteiger partial charge is 0.314 e. The molecule has 0 aromatic carbocycles. The second-order valence-electron chi connectivity index (χ2n) is 7.94. The Morgan fingerprint density at radius 3 is 2.33 bits per heavy atom. The molecular weight excluding hydrogens is 218 g/mol. The summed E-state index contributed by atoms with van der Waals surface area (Å²) in [5.74, 6) is 1.97. The second-order valence-corrected chi connectivity index (χ2v) is 7.94. The van der Waals surface area contributed by atoms with Gasteiger partial charge in [0, 0.05) is 6.04 Å². The minimum atomic E-state index is 0.572. The van der Waals surface area contributed by atoms with Crippen LogP contribution in [0.15, 0.2) is 0 Å². The first-order valence-corrected chi connectivity index (χ1v) is 8.13. The summed E-state index contributed by atoms with van der Waals surface area (Å²) in [5.41, 5.74) is 1.34. The molecule has 2 aliphatic carbocycles. The van der Waals surface area contributed by atoms with Gasteiger partial charge in [-0.15, -0.1) is 0 Å². The molecule has 2 rings (SSSR count). The van der Waals surface area contributed by atoms with Crippen molar-refractivity contribution in [3.8, 4) is 0 Å². The Morgan fingerprint density at radius 2 is 1.83 bits per heavy atom. The van der Waals surface area contributed by atoms with Crippen LogP contribution in [0.3, 0.4) is 0 Å². The summed E-state index contributed by atoms with van der Waals surface area (Å²) >= 11 is 0. The Morgan fingerprint density at radius 1 is 1.22 bits per heavy atom. The summed E-state index contributed by atoms with van der Waals surface area (Å²) in [4.78, 5) is 0. The van der Waals surface area contributed by atoms with Crippen LogP contribution in [-0.4, -0.2) is 12.6 Å². The van der Waals surface area contributed by atoms with Gasteiger partial charge in [0.2, 0.25) is 0 Å². The van der Waals surface area contributed by atoms with E-state index in [0.717, 1.165) is 17.3 Å². The molecule has 0 amide bonds. The Hall–Kier alpha value is -0.0400. The van der Waals surface area contributed by atoms with Gasteiger partial charge >= 0.3 is 0 Å². The highest BCUT2D eigenvalue weighted by Crippen LogP contribution is 2.63. The van der Waals surface area contributed by atoms with E-state index in [1.54, 1.807) is 0 Å². The molecule has 1 unspecified atom stereocenters. The van der Waals surface area contributed by atoms with Gasteiger partial charge in [-0.2, -0.15) is 0 Å². The molecule has 1 atom stereocenters. The maximum absolute atomic E-state index is 3.63. The van der Waals surface area contributed by atoms with Gasteiger partial charge in [-0.3, -0.25) is 0 Å². The van der Waals surface area contributed by atoms with Crippen molar-refractivity contribution in [3.05, 3.63) is 0 Å². The molecule has 2 fully saturated rings. The van der Waals surface area contributed by atoms with Gasteiger partial charge < -0.3 is 5.32 Å². The smallest absolute Gasteiger partial charge is 0.00104 e. The lowest BCUT2D eigenvalue weighted by Crippen LogP contribution is -2.31. The van der Waals surface area contributed by atoms with E-state index in [0.29, 0.717) is 11.5 Å². The predicted octanol–water partition coefficient (Wildman–Crippen LogP) is 4.62. The van der Waals surface area contributed by atoms with Crippen molar-refractivity contribution in [2.24, 2.45) is 22.7 Å². The number of hydrogen-bond donors (Lipinski definition) is 1. The van der Waals surface area contributed by atoms with Crippen molar-refractivity contribution in [2.75, 3.05) is 6.54 Å². The summed E-state index contributed by atoms with van der Waals surface area (Å²) < 4.78 is 0. The first-order valence-electron chi connectivity index (χ1n) is 8.13. The van der Waals surface area contributed by atoms with E-state index < -0.39 is 0 Å². The summed E-state index contributed by atoms with van der Waals surface area (Å²) in [6, 6.07) is 0.651. The molecule has 0 radical (unpaired) electrons. The van der Waals surface area contributed by atoms with Crippen molar-refractivity contribution in [2.45, 2.75) is 79.2 Å². The van der Waals surface area contributed by atoms with Gasteiger partial charge in [-0.1, -0.05) is 41.0 Å². The lowest BCUT2D eigenvalue weighted by Gasteiger charge is -2.39. The average molecular weight is 251 g/mol. The zero-order chi connectivity index (χ0) is 13.4. The van der Waals surface area contributed by atoms with Gasteiger partial charge in [0.25, 0.3) is 0 Å². The maximum atomic E-state index is 3.63. The third-order valence-corrected chi connectivity index (χ3v) is 6.13. The molecule has 1 N–H and O–H groups in total. The van der Waals surface area contributed by atoms with E-state index in [9.17, 15) is 0 Å². The first kappa shape index (κ1) is 14.4. The van der Waals surface area contributed by atoms with Gasteiger partial charge in [0.1, 0.15) is 0 Å². The molecule has 0 saturated heterocycles. The van der Waals surface area contributed by atoms with Crippen LogP contribution in [0.25, 0.3) is 0 Å². The average Bonchev–Trinajstić information content (AvgIpc) is 3.00. The van der Waals surface area contributed by atoms with E-state index >= 15 is 0 Å². The lowest BCUT2D eigenvalue weighted by atomic mass is 9.66. The molecule has 1 heteroatoms. The van der Waals surface area contributed by atoms with E-state index in [4.69, 9.17) is 0 Å². The van der Waals surface area contributed by atoms with Crippen LogP contribution < -0.4 is 5.32 Å². The maximum Gasteiger partial charge on any atom is 0.00104 e. The fourth-order valence-electron chi connectivity index (χ4n) is 3.97. The van der Waals surface area contributed by atoms with Crippen LogP contribution in [0.5, 0.6) is 0 Å². The molecule has 18 heavy (non-hydrogen) atoms. The Labute approximate surface area is 114 Å². The SMILES string of the molecule is CCC(C)(C)C1CCC2(CC1)CC2CNC(C)C. The number of nitrogens with one attached hydrogen (secondary N) is 1. The topological polar surface area (TPSA) is 12.0 Å². The zero-order valence-electron chi connectivity index (χ0n) is 13.2. The molecule has 1 spiro atoms. The molecule has 0 aliphatic heterocycles. The number of rotatable bonds is 5. The van der Waals surface area contributed by atoms with Gasteiger partial charge in [0.15, 0.2) is 0 Å². The summed E-state index contributed by atoms with van der Waals surface area (Å²) in [5, 5.41) is 3.63. The Bertz CT molecular complexity index is 271. The molecule has 2 saturated carbocycles. The third kappa shape index (κ3) is 2.92. The zero-order valence-corrected chi connectivity index (χ0v) is 13.2. The highest BCUT2D eigenvalue weighted by Gasteiger charge is 2.55. The van der Waals surface area contributed by atoms with Crippen molar-refractivity contribution < 1.29 is 0 Å². The highest BCUT2D eigenvalue weighted by atomic mass is 14.9. The van der Waals surface area contributed by atoms with Crippen molar-refractivity contribution in [1.29, 1.82) is 0 Å². The van der Waals surface area contributed by atoms with Crippen LogP contribution in [0, 0.1) is 22.7 Å². The molecular formula is C17H33N. The van der Waals surface area contributed by atoms with Crippen molar-refractivity contribution >= 4 is 0 Å². The quantitative estimate of drug-likeness (QED) is 0.752. The molecule has 106 valence electrons. The summed E-state index contributed by atoms with van der Waals surface area (Å²) in [6.07, 6.45) is 8.82. The van der Waals surface area contributed by atoms with E-state index in [1.807, 2.05) is 0 Å². The van der Waals surface area contributed by atoms with Gasteiger partial charge in [0.05, 0.1) is 0 Å². The molecule has 0 aromatic rings. The van der Waals surface area contributed by atoms with E-state index in [-0.39, 0.29) is 0 Å². The molecule has 2 aliphatic rings. The molecule has 0 heterocycles. The highest BCUT2D eigenvalue weighted by molar-refractivity contribution is 5.06. The first-order chi connectivity index (χ1) is 8.39. The van der Waals surface area contributed by atoms with Crippen LogP contribution in [-0.2, 0) is 0 Å². The predicted molar refractivity (Wildman–Crippen MR) is 79.7 cm³/mol. The molecule has 0 bridgehead atoms. The van der Waals surface area contributed by atoms with Gasteiger partial charge in [-0.05, 0) is 61.3 Å². The second kappa shape index (κ2) is 5.15. The minimum absolute atomic E-state index is 0.572. The van der Waals surface area contributed by atoms with Gasteiger partial charge in [-0.25, -0.2) is 0 Å². The molecule has 0 aromatic heterocycles. The van der Waals surface area contributed by atoms with Crippen LogP contribution >= 0.6 is 0 Å². The minimum Gasteiger partial charge on any atom is -0.314 e. The van der Waals surface area contributed by atoms with Crippen LogP contribution in [0.1, 0.15) is 73.1 Å². The van der Waals surface area contributed by atoms with Crippen LogP contribution in [0.2, 0.25) is 0 Å². The van der Waals surface area contributed by atoms with Crippen LogP contribution in [0.4, 0.5) is 0 Å². The van der Waals surface area contributed by atoms with Crippen molar-refractivity contribution in [1.82, 2.24) is 5.32 Å². The van der Waals surface area contributed by atoms with E-state index in [2.05, 4.69) is 39.9 Å². The fourth-order valence-corrected chi connectivity index (χ4v) is 3.97. The Kier molecular flexibility index (Phi) is 4.11. The normalized spacial score (nSPS) is 36.3. The van der Waals surface area contributed by atoms with E-state index in [1.165, 1.54) is 45.1 Å². The number of hydrogen-bond acceptors (Lipinski definition) is 1.